The van der Waals surface area contributed by atoms with Crippen molar-refractivity contribution in [3.05, 3.63) is 0 Å². The highest BCUT2D eigenvalue weighted by atomic mass is 16.5. The van der Waals surface area contributed by atoms with Gasteiger partial charge in [0, 0.05) is 13.2 Å². The molecule has 5 nitrogen and oxygen atoms in total. The van der Waals surface area contributed by atoms with Crippen molar-refractivity contribution in [3.63, 3.8) is 0 Å². The summed E-state index contributed by atoms with van der Waals surface area (Å²) in [6, 6.07) is -0.733. The molecule has 0 aromatic rings. The minimum atomic E-state index is -0.413. The number of carbonyl (C=O) groups is 2. The molecule has 2 heterocycles. The van der Waals surface area contributed by atoms with Crippen LogP contribution < -0.4 is 5.32 Å². The fourth-order valence-electron chi connectivity index (χ4n) is 2.86. The first kappa shape index (κ1) is 14.3. The zero-order chi connectivity index (χ0) is 13.8. The van der Waals surface area contributed by atoms with E-state index < -0.39 is 6.04 Å². The Morgan fingerprint density at radius 3 is 2.79 bits per heavy atom. The highest BCUT2D eigenvalue weighted by Gasteiger charge is 2.39. The summed E-state index contributed by atoms with van der Waals surface area (Å²) in [6.45, 7) is 5.11. The van der Waals surface area contributed by atoms with Crippen molar-refractivity contribution >= 4 is 11.8 Å². The van der Waals surface area contributed by atoms with Crippen molar-refractivity contribution < 1.29 is 14.3 Å². The molecular weight excluding hydrogens is 244 g/mol. The van der Waals surface area contributed by atoms with E-state index >= 15 is 0 Å². The molecule has 0 radical (unpaired) electrons. The van der Waals surface area contributed by atoms with Gasteiger partial charge < -0.3 is 15.0 Å². The fraction of sp³-hybridized carbons (Fsp3) is 0.857. The standard InChI is InChI=1S/C14H24N2O3/c1-3-6-12-13(17)15-10(2)14(18)16(12)9-11-7-4-5-8-19-11/h10-12H,3-9H2,1-2H3,(H,15,17). The molecule has 3 unspecified atom stereocenters. The summed E-state index contributed by atoms with van der Waals surface area (Å²) in [5.41, 5.74) is 0. The van der Waals surface area contributed by atoms with Gasteiger partial charge in [0.25, 0.3) is 0 Å². The van der Waals surface area contributed by atoms with Crippen LogP contribution in [0.4, 0.5) is 0 Å². The average molecular weight is 268 g/mol. The van der Waals surface area contributed by atoms with Gasteiger partial charge in [0.15, 0.2) is 0 Å². The van der Waals surface area contributed by atoms with Crippen molar-refractivity contribution in [1.82, 2.24) is 10.2 Å². The smallest absolute Gasteiger partial charge is 0.245 e. The number of nitrogens with zero attached hydrogens (tertiary/aromatic N) is 1. The van der Waals surface area contributed by atoms with Crippen molar-refractivity contribution in [2.24, 2.45) is 0 Å². The summed E-state index contributed by atoms with van der Waals surface area (Å²) in [4.78, 5) is 26.1. The Kier molecular flexibility index (Phi) is 4.80. The van der Waals surface area contributed by atoms with Gasteiger partial charge in [-0.2, -0.15) is 0 Å². The van der Waals surface area contributed by atoms with Crippen LogP contribution in [0.1, 0.15) is 46.0 Å². The predicted molar refractivity (Wildman–Crippen MR) is 71.6 cm³/mol. The average Bonchev–Trinajstić information content (AvgIpc) is 2.41. The first-order chi connectivity index (χ1) is 9.13. The SMILES string of the molecule is CCCC1C(=O)NC(C)C(=O)N1CC1CCCCO1. The molecule has 2 rings (SSSR count). The van der Waals surface area contributed by atoms with E-state index in [2.05, 4.69) is 5.32 Å². The highest BCUT2D eigenvalue weighted by Crippen LogP contribution is 2.20. The van der Waals surface area contributed by atoms with E-state index in [9.17, 15) is 9.59 Å². The second kappa shape index (κ2) is 6.37. The molecule has 3 atom stereocenters. The molecule has 2 amide bonds. The molecule has 2 aliphatic rings. The maximum Gasteiger partial charge on any atom is 0.245 e. The normalized spacial score (nSPS) is 32.3. The summed E-state index contributed by atoms with van der Waals surface area (Å²) in [5, 5.41) is 2.76. The molecule has 0 aromatic heterocycles. The first-order valence-corrected chi connectivity index (χ1v) is 7.36. The van der Waals surface area contributed by atoms with Gasteiger partial charge >= 0.3 is 0 Å². The molecule has 5 heteroatoms. The third kappa shape index (κ3) is 3.26. The number of carbonyl (C=O) groups excluding carboxylic acids is 2. The molecule has 0 bridgehead atoms. The predicted octanol–water partition coefficient (Wildman–Crippen LogP) is 1.07. The quantitative estimate of drug-likeness (QED) is 0.829. The second-order valence-corrected chi connectivity index (χ2v) is 5.51. The number of hydrogen-bond donors (Lipinski definition) is 1. The van der Waals surface area contributed by atoms with Crippen LogP contribution in [-0.4, -0.2) is 48.1 Å². The molecular formula is C14H24N2O3. The Bertz CT molecular complexity index is 340. The number of rotatable bonds is 4. The third-order valence-electron chi connectivity index (χ3n) is 3.93. The number of ether oxygens (including phenoxy) is 1. The van der Waals surface area contributed by atoms with Crippen LogP contribution in [0.5, 0.6) is 0 Å². The van der Waals surface area contributed by atoms with Crippen LogP contribution in [0.3, 0.4) is 0 Å². The minimum Gasteiger partial charge on any atom is -0.376 e. The summed E-state index contributed by atoms with van der Waals surface area (Å²) >= 11 is 0. The van der Waals surface area contributed by atoms with Crippen LogP contribution in [0.15, 0.2) is 0 Å². The van der Waals surface area contributed by atoms with Crippen molar-refractivity contribution in [2.45, 2.75) is 64.1 Å². The Labute approximate surface area is 114 Å². The van der Waals surface area contributed by atoms with Crippen LogP contribution in [-0.2, 0) is 14.3 Å². The Balaban J connectivity index is 2.06. The summed E-state index contributed by atoms with van der Waals surface area (Å²) < 4.78 is 5.70. The van der Waals surface area contributed by atoms with E-state index in [1.165, 1.54) is 0 Å². The van der Waals surface area contributed by atoms with Crippen molar-refractivity contribution in [1.29, 1.82) is 0 Å². The molecule has 2 saturated heterocycles. The molecule has 2 fully saturated rings. The fourth-order valence-corrected chi connectivity index (χ4v) is 2.86. The maximum absolute atomic E-state index is 12.3. The van der Waals surface area contributed by atoms with Crippen LogP contribution in [0, 0.1) is 0 Å². The summed E-state index contributed by atoms with van der Waals surface area (Å²) in [5.74, 6) is -0.00279. The molecule has 0 saturated carbocycles. The summed E-state index contributed by atoms with van der Waals surface area (Å²) in [7, 11) is 0. The van der Waals surface area contributed by atoms with Crippen LogP contribution in [0.2, 0.25) is 0 Å². The van der Waals surface area contributed by atoms with Gasteiger partial charge in [0.05, 0.1) is 6.10 Å². The Morgan fingerprint density at radius 2 is 2.16 bits per heavy atom. The number of amides is 2. The van der Waals surface area contributed by atoms with Gasteiger partial charge in [-0.05, 0) is 32.6 Å². The van der Waals surface area contributed by atoms with E-state index in [4.69, 9.17) is 4.74 Å². The summed E-state index contributed by atoms with van der Waals surface area (Å²) in [6.07, 6.45) is 4.93. The van der Waals surface area contributed by atoms with Gasteiger partial charge in [0.2, 0.25) is 11.8 Å². The van der Waals surface area contributed by atoms with E-state index in [0.29, 0.717) is 6.54 Å². The zero-order valence-electron chi connectivity index (χ0n) is 11.9. The molecule has 2 aliphatic heterocycles. The van der Waals surface area contributed by atoms with Crippen LogP contribution >= 0.6 is 0 Å². The highest BCUT2D eigenvalue weighted by molar-refractivity contribution is 5.96. The number of hydrogen-bond acceptors (Lipinski definition) is 3. The van der Waals surface area contributed by atoms with E-state index in [1.54, 1.807) is 11.8 Å². The lowest BCUT2D eigenvalue weighted by Gasteiger charge is -2.40. The third-order valence-corrected chi connectivity index (χ3v) is 3.93. The minimum absolute atomic E-state index is 0.0206. The van der Waals surface area contributed by atoms with Crippen LogP contribution in [0.25, 0.3) is 0 Å². The first-order valence-electron chi connectivity index (χ1n) is 7.36. The largest absolute Gasteiger partial charge is 0.376 e. The van der Waals surface area contributed by atoms with Gasteiger partial charge in [0.1, 0.15) is 12.1 Å². The molecule has 108 valence electrons. The topological polar surface area (TPSA) is 58.6 Å². The van der Waals surface area contributed by atoms with Gasteiger partial charge in [-0.25, -0.2) is 0 Å². The maximum atomic E-state index is 12.3. The van der Waals surface area contributed by atoms with Gasteiger partial charge in [-0.15, -0.1) is 0 Å². The van der Waals surface area contributed by atoms with Crippen molar-refractivity contribution in [2.75, 3.05) is 13.2 Å². The lowest BCUT2D eigenvalue weighted by atomic mass is 10.0. The van der Waals surface area contributed by atoms with E-state index in [-0.39, 0.29) is 24.0 Å². The molecule has 19 heavy (non-hydrogen) atoms. The molecule has 0 aromatic carbocycles. The Hall–Kier alpha value is -1.10. The molecule has 0 spiro atoms. The monoisotopic (exact) mass is 268 g/mol. The van der Waals surface area contributed by atoms with Gasteiger partial charge in [-0.1, -0.05) is 13.3 Å². The molecule has 0 aliphatic carbocycles. The van der Waals surface area contributed by atoms with Crippen molar-refractivity contribution in [3.8, 4) is 0 Å². The second-order valence-electron chi connectivity index (χ2n) is 5.51. The lowest BCUT2D eigenvalue weighted by molar-refractivity contribution is -0.151. The number of piperazine rings is 1. The Morgan fingerprint density at radius 1 is 1.37 bits per heavy atom. The molecule has 1 N–H and O–H groups in total. The van der Waals surface area contributed by atoms with E-state index in [0.717, 1.165) is 38.7 Å². The zero-order valence-corrected chi connectivity index (χ0v) is 11.9. The van der Waals surface area contributed by atoms with Gasteiger partial charge in [-0.3, -0.25) is 9.59 Å². The van der Waals surface area contributed by atoms with E-state index in [1.807, 2.05) is 6.92 Å². The lowest BCUT2D eigenvalue weighted by Crippen LogP contribution is -2.63. The number of nitrogens with one attached hydrogen (secondary N) is 1.